The number of carbonyl (C=O) groups is 1. The van der Waals surface area contributed by atoms with Crippen LogP contribution < -0.4 is 0 Å². The molecule has 5 nitrogen and oxygen atoms in total. The second kappa shape index (κ2) is 4.49. The van der Waals surface area contributed by atoms with Gasteiger partial charge in [0.1, 0.15) is 6.04 Å². The van der Waals surface area contributed by atoms with Gasteiger partial charge in [-0.25, -0.2) is 8.42 Å². The molecule has 0 radical (unpaired) electrons. The summed E-state index contributed by atoms with van der Waals surface area (Å²) in [6, 6.07) is -0.723. The number of likely N-dealkylation sites (N-methyl/N-ethyl adjacent to an activating group) is 1. The second-order valence-corrected chi connectivity index (χ2v) is 6.21. The van der Waals surface area contributed by atoms with E-state index in [2.05, 4.69) is 0 Å². The molecule has 1 saturated heterocycles. The second-order valence-electron chi connectivity index (χ2n) is 3.98. The van der Waals surface area contributed by atoms with Crippen LogP contribution in [0.3, 0.4) is 0 Å². The van der Waals surface area contributed by atoms with Crippen LogP contribution in [0.4, 0.5) is 0 Å². The van der Waals surface area contributed by atoms with E-state index in [1.807, 2.05) is 0 Å². The van der Waals surface area contributed by atoms with E-state index in [4.69, 9.17) is 5.11 Å². The maximum absolute atomic E-state index is 11.3. The fourth-order valence-corrected chi connectivity index (χ4v) is 3.77. The Morgan fingerprint density at radius 2 is 2.20 bits per heavy atom. The minimum absolute atomic E-state index is 0.0906. The molecule has 0 aromatic rings. The van der Waals surface area contributed by atoms with Gasteiger partial charge >= 0.3 is 5.97 Å². The van der Waals surface area contributed by atoms with Gasteiger partial charge in [0.25, 0.3) is 0 Å². The Balaban J connectivity index is 2.69. The Morgan fingerprint density at radius 1 is 1.60 bits per heavy atom. The largest absolute Gasteiger partial charge is 0.480 e. The van der Waals surface area contributed by atoms with Gasteiger partial charge in [0.15, 0.2) is 9.84 Å². The van der Waals surface area contributed by atoms with Crippen LogP contribution in [0.15, 0.2) is 0 Å². The molecule has 0 spiro atoms. The highest BCUT2D eigenvalue weighted by Gasteiger charge is 2.35. The van der Waals surface area contributed by atoms with Crippen molar-refractivity contribution < 1.29 is 18.3 Å². The van der Waals surface area contributed by atoms with E-state index in [1.54, 1.807) is 18.9 Å². The summed E-state index contributed by atoms with van der Waals surface area (Å²) in [4.78, 5) is 12.6. The lowest BCUT2D eigenvalue weighted by molar-refractivity contribution is -0.143. The number of nitrogens with zero attached hydrogens (tertiary/aromatic N) is 1. The molecule has 0 bridgehead atoms. The molecule has 0 aromatic carbocycles. The Hall–Kier alpha value is -0.620. The summed E-state index contributed by atoms with van der Waals surface area (Å²) in [7, 11) is -1.25. The van der Waals surface area contributed by atoms with Crippen molar-refractivity contribution in [2.45, 2.75) is 31.8 Å². The topological polar surface area (TPSA) is 74.7 Å². The van der Waals surface area contributed by atoms with E-state index in [0.29, 0.717) is 12.8 Å². The van der Waals surface area contributed by atoms with E-state index in [0.717, 1.165) is 0 Å². The van der Waals surface area contributed by atoms with E-state index in [-0.39, 0.29) is 17.5 Å². The van der Waals surface area contributed by atoms with Gasteiger partial charge in [-0.2, -0.15) is 0 Å². The fourth-order valence-electron chi connectivity index (χ4n) is 1.99. The first kappa shape index (κ1) is 12.4. The molecule has 0 amide bonds. The van der Waals surface area contributed by atoms with E-state index >= 15 is 0 Å². The molecular weight excluding hydrogens is 218 g/mol. The minimum atomic E-state index is -2.94. The monoisotopic (exact) mass is 235 g/mol. The van der Waals surface area contributed by atoms with Gasteiger partial charge < -0.3 is 5.11 Å². The van der Waals surface area contributed by atoms with Crippen molar-refractivity contribution in [3.8, 4) is 0 Å². The molecule has 1 N–H and O–H groups in total. The normalized spacial score (nSPS) is 26.7. The van der Waals surface area contributed by atoms with Crippen molar-refractivity contribution in [1.82, 2.24) is 4.90 Å². The zero-order valence-electron chi connectivity index (χ0n) is 9.01. The minimum Gasteiger partial charge on any atom is -0.480 e. The van der Waals surface area contributed by atoms with Crippen molar-refractivity contribution in [3.05, 3.63) is 0 Å². The molecule has 1 aliphatic rings. The average molecular weight is 235 g/mol. The molecule has 1 aliphatic heterocycles. The molecule has 15 heavy (non-hydrogen) atoms. The molecule has 1 heterocycles. The summed E-state index contributed by atoms with van der Waals surface area (Å²) in [5, 5.41) is 8.94. The first-order valence-corrected chi connectivity index (χ1v) is 6.84. The van der Waals surface area contributed by atoms with Crippen LogP contribution in [0.2, 0.25) is 0 Å². The number of hydrogen-bond donors (Lipinski definition) is 1. The maximum atomic E-state index is 11.3. The lowest BCUT2D eigenvalue weighted by Crippen LogP contribution is -2.45. The van der Waals surface area contributed by atoms with Gasteiger partial charge in [0.2, 0.25) is 0 Å². The summed E-state index contributed by atoms with van der Waals surface area (Å²) >= 11 is 0. The lowest BCUT2D eigenvalue weighted by Gasteiger charge is -2.28. The SMILES string of the molecule is CCC(C(=O)O)N(C)C1CCS(=O)(=O)C1. The van der Waals surface area contributed by atoms with Crippen molar-refractivity contribution >= 4 is 15.8 Å². The third-order valence-electron chi connectivity index (χ3n) is 2.95. The van der Waals surface area contributed by atoms with Gasteiger partial charge in [-0.05, 0) is 19.9 Å². The van der Waals surface area contributed by atoms with Crippen molar-refractivity contribution in [1.29, 1.82) is 0 Å². The number of aliphatic carboxylic acids is 1. The van der Waals surface area contributed by atoms with Crippen LogP contribution in [0.5, 0.6) is 0 Å². The van der Waals surface area contributed by atoms with E-state index in [9.17, 15) is 13.2 Å². The zero-order chi connectivity index (χ0) is 11.6. The molecule has 2 unspecified atom stereocenters. The number of carboxylic acid groups (broad SMARTS) is 1. The quantitative estimate of drug-likeness (QED) is 0.740. The van der Waals surface area contributed by atoms with Gasteiger partial charge in [-0.3, -0.25) is 9.69 Å². The Labute approximate surface area is 90.0 Å². The first-order valence-electron chi connectivity index (χ1n) is 5.02. The van der Waals surface area contributed by atoms with Crippen molar-refractivity contribution in [2.75, 3.05) is 18.6 Å². The van der Waals surface area contributed by atoms with E-state index in [1.165, 1.54) is 0 Å². The number of sulfone groups is 1. The summed E-state index contributed by atoms with van der Waals surface area (Å²) < 4.78 is 22.5. The van der Waals surface area contributed by atoms with Crippen molar-refractivity contribution in [3.63, 3.8) is 0 Å². The van der Waals surface area contributed by atoms with Gasteiger partial charge in [-0.1, -0.05) is 6.92 Å². The number of rotatable bonds is 4. The van der Waals surface area contributed by atoms with Crippen LogP contribution in [0.1, 0.15) is 19.8 Å². The highest BCUT2D eigenvalue weighted by molar-refractivity contribution is 7.91. The molecular formula is C9H17NO4S. The first-order chi connectivity index (χ1) is 6.87. The van der Waals surface area contributed by atoms with Gasteiger partial charge in [-0.15, -0.1) is 0 Å². The predicted molar refractivity (Wildman–Crippen MR) is 56.5 cm³/mol. The van der Waals surface area contributed by atoms with Crippen LogP contribution in [-0.2, 0) is 14.6 Å². The number of hydrogen-bond acceptors (Lipinski definition) is 4. The summed E-state index contributed by atoms with van der Waals surface area (Å²) in [5.41, 5.74) is 0. The van der Waals surface area contributed by atoms with Gasteiger partial charge in [0, 0.05) is 6.04 Å². The van der Waals surface area contributed by atoms with Crippen LogP contribution >= 0.6 is 0 Å². The highest BCUT2D eigenvalue weighted by atomic mass is 32.2. The van der Waals surface area contributed by atoms with Gasteiger partial charge in [0.05, 0.1) is 11.5 Å². The molecule has 0 saturated carbocycles. The Kier molecular flexibility index (Phi) is 3.72. The third kappa shape index (κ3) is 2.92. The van der Waals surface area contributed by atoms with Crippen LogP contribution in [0, 0.1) is 0 Å². The Bertz CT molecular complexity index is 338. The lowest BCUT2D eigenvalue weighted by atomic mass is 10.1. The fraction of sp³-hybridized carbons (Fsp3) is 0.889. The van der Waals surface area contributed by atoms with E-state index < -0.39 is 21.8 Å². The third-order valence-corrected chi connectivity index (χ3v) is 4.70. The molecule has 6 heteroatoms. The highest BCUT2D eigenvalue weighted by Crippen LogP contribution is 2.19. The molecule has 1 rings (SSSR count). The molecule has 2 atom stereocenters. The average Bonchev–Trinajstić information content (AvgIpc) is 2.46. The predicted octanol–water partition coefficient (Wildman–Crippen LogP) is -0.0315. The summed E-state index contributed by atoms with van der Waals surface area (Å²) in [6.07, 6.45) is 1.03. The smallest absolute Gasteiger partial charge is 0.320 e. The zero-order valence-corrected chi connectivity index (χ0v) is 9.83. The maximum Gasteiger partial charge on any atom is 0.320 e. The Morgan fingerprint density at radius 3 is 2.53 bits per heavy atom. The standard InChI is InChI=1S/C9H17NO4S/c1-3-8(9(11)12)10(2)7-4-5-15(13,14)6-7/h7-8H,3-6H2,1-2H3,(H,11,12). The summed E-state index contributed by atoms with van der Waals surface area (Å²) in [6.45, 7) is 1.79. The summed E-state index contributed by atoms with van der Waals surface area (Å²) in [5.74, 6) is -0.616. The molecule has 88 valence electrons. The molecule has 0 aromatic heterocycles. The van der Waals surface area contributed by atoms with Crippen LogP contribution in [0.25, 0.3) is 0 Å². The molecule has 0 aliphatic carbocycles. The number of carboxylic acids is 1. The van der Waals surface area contributed by atoms with Crippen molar-refractivity contribution in [2.24, 2.45) is 0 Å². The van der Waals surface area contributed by atoms with Crippen LogP contribution in [-0.4, -0.2) is 55.0 Å². The molecule has 1 fully saturated rings.